The van der Waals surface area contributed by atoms with Crippen molar-refractivity contribution in [1.82, 2.24) is 0 Å². The van der Waals surface area contributed by atoms with Crippen molar-refractivity contribution in [1.29, 1.82) is 0 Å². The Bertz CT molecular complexity index is 1970. The number of benzene rings is 6. The number of hydrogen-bond donors (Lipinski definition) is 2. The van der Waals surface area contributed by atoms with Crippen molar-refractivity contribution in [2.24, 2.45) is 0 Å². The Hall–Kier alpha value is -4.90. The van der Waals surface area contributed by atoms with Gasteiger partial charge < -0.3 is 14.9 Å². The summed E-state index contributed by atoms with van der Waals surface area (Å²) in [6.07, 6.45) is 0. The van der Waals surface area contributed by atoms with E-state index in [4.69, 9.17) is 5.48 Å². The molecule has 0 amide bonds. The highest BCUT2D eigenvalue weighted by molar-refractivity contribution is 6.58. The second kappa shape index (κ2) is 10.3. The molecule has 0 spiro atoms. The molecule has 3 nitrogen and oxygen atoms in total. The number of hydrogen-bond acceptors (Lipinski definition) is 3. The lowest BCUT2D eigenvalue weighted by molar-refractivity contribution is 0.426. The van der Waals surface area contributed by atoms with Gasteiger partial charge in [0.15, 0.2) is 0 Å². The standard InChI is InChI=1S/C37H28BNO2/c40-38(41)29-20-22-31(23-21-29)39(30-16-8-3-9-17-30)32-24-25-34-33-18-10-11-19-35(33)37(36(34)26-32,27-12-4-1-5-13-27)28-14-6-2-7-15-28/h1-26,40-41H/i20D,21D,22D,23D. The molecule has 6 aromatic carbocycles. The summed E-state index contributed by atoms with van der Waals surface area (Å²) in [5.74, 6) is 0. The maximum Gasteiger partial charge on any atom is 0.488 e. The molecule has 0 heterocycles. The lowest BCUT2D eigenvalue weighted by Crippen LogP contribution is -2.29. The predicted molar refractivity (Wildman–Crippen MR) is 168 cm³/mol. The van der Waals surface area contributed by atoms with Crippen LogP contribution in [0, 0.1) is 0 Å². The highest BCUT2D eigenvalue weighted by Gasteiger charge is 2.46. The fraction of sp³-hybridized carbons (Fsp3) is 0.0270. The van der Waals surface area contributed by atoms with Gasteiger partial charge in [0, 0.05) is 17.1 Å². The molecular weight excluding hydrogens is 501 g/mol. The molecule has 6 aromatic rings. The van der Waals surface area contributed by atoms with E-state index in [9.17, 15) is 10.0 Å². The van der Waals surface area contributed by atoms with Gasteiger partial charge in [0.05, 0.1) is 10.9 Å². The van der Waals surface area contributed by atoms with Gasteiger partial charge in [-0.25, -0.2) is 0 Å². The smallest absolute Gasteiger partial charge is 0.423 e. The maximum absolute atomic E-state index is 9.90. The van der Waals surface area contributed by atoms with Crippen molar-refractivity contribution in [3.05, 3.63) is 180 Å². The van der Waals surface area contributed by atoms with Crippen LogP contribution in [0.2, 0.25) is 0 Å². The minimum absolute atomic E-state index is 0.0149. The van der Waals surface area contributed by atoms with Gasteiger partial charge in [0.25, 0.3) is 0 Å². The first kappa shape index (κ1) is 20.9. The molecule has 7 rings (SSSR count). The predicted octanol–water partition coefficient (Wildman–Crippen LogP) is 7.20. The lowest BCUT2D eigenvalue weighted by Gasteiger charge is -2.35. The summed E-state index contributed by atoms with van der Waals surface area (Å²) in [5, 5.41) is 19.8. The van der Waals surface area contributed by atoms with Crippen molar-refractivity contribution < 1.29 is 15.5 Å². The van der Waals surface area contributed by atoms with E-state index in [1.54, 1.807) is 4.90 Å². The largest absolute Gasteiger partial charge is 0.488 e. The molecule has 1 aliphatic rings. The Morgan fingerprint density at radius 2 is 1.05 bits per heavy atom. The SMILES string of the molecule is [2H]c1c([2H])c(N(c2ccccc2)c2ccc3c(c2)C(c2ccccc2)(c2ccccc2)c2ccccc2-3)c([2H])c([2H])c1B(O)O. The second-order valence-electron chi connectivity index (χ2n) is 10.1. The molecule has 0 fully saturated rings. The lowest BCUT2D eigenvalue weighted by atomic mass is 9.67. The van der Waals surface area contributed by atoms with Gasteiger partial charge in [-0.05, 0) is 75.2 Å². The molecule has 0 unspecified atom stereocenters. The van der Waals surface area contributed by atoms with E-state index >= 15 is 0 Å². The average Bonchev–Trinajstić information content (AvgIpc) is 3.37. The third-order valence-corrected chi connectivity index (χ3v) is 7.83. The van der Waals surface area contributed by atoms with Gasteiger partial charge in [0.2, 0.25) is 0 Å². The Balaban J connectivity index is 1.57. The topological polar surface area (TPSA) is 43.7 Å². The zero-order chi connectivity index (χ0) is 31.3. The van der Waals surface area contributed by atoms with Crippen LogP contribution in [0.4, 0.5) is 17.1 Å². The van der Waals surface area contributed by atoms with Crippen LogP contribution in [-0.2, 0) is 5.41 Å². The number of para-hydroxylation sites is 1. The molecule has 0 radical (unpaired) electrons. The van der Waals surface area contributed by atoms with Crippen LogP contribution in [0.5, 0.6) is 0 Å². The van der Waals surface area contributed by atoms with E-state index < -0.39 is 30.1 Å². The van der Waals surface area contributed by atoms with Crippen molar-refractivity contribution in [2.45, 2.75) is 5.41 Å². The van der Waals surface area contributed by atoms with Crippen LogP contribution < -0.4 is 10.4 Å². The Morgan fingerprint density at radius 1 is 0.512 bits per heavy atom. The summed E-state index contributed by atoms with van der Waals surface area (Å²) in [7, 11) is -2.15. The molecule has 2 N–H and O–H groups in total. The first-order chi connectivity index (χ1) is 21.9. The molecule has 0 aromatic heterocycles. The molecule has 0 saturated carbocycles. The molecule has 0 saturated heterocycles. The zero-order valence-corrected chi connectivity index (χ0v) is 22.1. The minimum atomic E-state index is -2.15. The van der Waals surface area contributed by atoms with E-state index in [1.165, 1.54) is 0 Å². The first-order valence-electron chi connectivity index (χ1n) is 15.5. The summed E-state index contributed by atoms with van der Waals surface area (Å²) in [4.78, 5) is 1.72. The Labute approximate surface area is 246 Å². The molecule has 0 bridgehead atoms. The molecule has 0 atom stereocenters. The normalized spacial score (nSPS) is 14.2. The van der Waals surface area contributed by atoms with E-state index in [1.807, 2.05) is 78.9 Å². The molecule has 196 valence electrons. The van der Waals surface area contributed by atoms with Crippen molar-refractivity contribution >= 4 is 29.6 Å². The Morgan fingerprint density at radius 3 is 1.66 bits per heavy atom. The number of fused-ring (bicyclic) bond motifs is 3. The summed E-state index contributed by atoms with van der Waals surface area (Å²) in [5.41, 5.74) is 6.69. The number of nitrogens with zero attached hydrogens (tertiary/aromatic N) is 1. The zero-order valence-electron chi connectivity index (χ0n) is 26.1. The maximum atomic E-state index is 9.90. The highest BCUT2D eigenvalue weighted by atomic mass is 16.4. The monoisotopic (exact) mass is 533 g/mol. The Kier molecular flexibility index (Phi) is 5.23. The van der Waals surface area contributed by atoms with Crippen LogP contribution in [0.3, 0.4) is 0 Å². The summed E-state index contributed by atoms with van der Waals surface area (Å²) in [6, 6.07) is 42.8. The average molecular weight is 533 g/mol. The van der Waals surface area contributed by atoms with Gasteiger partial charge in [-0.2, -0.15) is 0 Å². The van der Waals surface area contributed by atoms with Gasteiger partial charge in [-0.1, -0.05) is 121 Å². The van der Waals surface area contributed by atoms with Gasteiger partial charge in [-0.3, -0.25) is 0 Å². The van der Waals surface area contributed by atoms with Crippen LogP contribution in [-0.4, -0.2) is 17.2 Å². The third kappa shape index (κ3) is 4.08. The summed E-state index contributed by atoms with van der Waals surface area (Å²) < 4.78 is 35.1. The fourth-order valence-corrected chi connectivity index (χ4v) is 6.11. The van der Waals surface area contributed by atoms with Crippen LogP contribution >= 0.6 is 0 Å². The third-order valence-electron chi connectivity index (χ3n) is 7.83. The van der Waals surface area contributed by atoms with Gasteiger partial charge in [0.1, 0.15) is 0 Å². The van der Waals surface area contributed by atoms with Crippen molar-refractivity contribution in [3.63, 3.8) is 0 Å². The molecule has 4 heteroatoms. The molecule has 0 aliphatic heterocycles. The van der Waals surface area contributed by atoms with E-state index in [2.05, 4.69) is 54.6 Å². The summed E-state index contributed by atoms with van der Waals surface area (Å²) in [6.45, 7) is 0. The van der Waals surface area contributed by atoms with Crippen LogP contribution in [0.1, 0.15) is 27.7 Å². The number of anilines is 3. The fourth-order valence-electron chi connectivity index (χ4n) is 6.11. The quantitative estimate of drug-likeness (QED) is 0.222. The molecule has 41 heavy (non-hydrogen) atoms. The summed E-state index contributed by atoms with van der Waals surface area (Å²) >= 11 is 0. The van der Waals surface area contributed by atoms with E-state index in [0.717, 1.165) is 33.4 Å². The minimum Gasteiger partial charge on any atom is -0.423 e. The van der Waals surface area contributed by atoms with E-state index in [-0.39, 0.29) is 17.8 Å². The molecular formula is C37H28BNO2. The second-order valence-corrected chi connectivity index (χ2v) is 10.1. The van der Waals surface area contributed by atoms with Crippen LogP contribution in [0.25, 0.3) is 11.1 Å². The highest BCUT2D eigenvalue weighted by Crippen LogP contribution is 2.57. The van der Waals surface area contributed by atoms with Crippen molar-refractivity contribution in [2.75, 3.05) is 4.90 Å². The van der Waals surface area contributed by atoms with Gasteiger partial charge in [-0.15, -0.1) is 0 Å². The van der Waals surface area contributed by atoms with Crippen LogP contribution in [0.15, 0.2) is 158 Å². The molecule has 1 aliphatic carbocycles. The number of rotatable bonds is 6. The first-order valence-corrected chi connectivity index (χ1v) is 13.5. The van der Waals surface area contributed by atoms with Gasteiger partial charge >= 0.3 is 7.12 Å². The van der Waals surface area contributed by atoms with E-state index in [0.29, 0.717) is 11.4 Å². The van der Waals surface area contributed by atoms with Crippen molar-refractivity contribution in [3.8, 4) is 11.1 Å².